The van der Waals surface area contributed by atoms with Crippen LogP contribution in [0.15, 0.2) is 35.3 Å². The van der Waals surface area contributed by atoms with Crippen molar-refractivity contribution in [3.63, 3.8) is 0 Å². The van der Waals surface area contributed by atoms with Crippen LogP contribution in [0.1, 0.15) is 29.7 Å². The van der Waals surface area contributed by atoms with E-state index in [1.165, 1.54) is 0 Å². The first-order chi connectivity index (χ1) is 13.2. The van der Waals surface area contributed by atoms with Crippen LogP contribution in [0.2, 0.25) is 0 Å². The Morgan fingerprint density at radius 1 is 1.07 bits per heavy atom. The van der Waals surface area contributed by atoms with E-state index in [0.29, 0.717) is 6.07 Å². The van der Waals surface area contributed by atoms with Gasteiger partial charge >= 0.3 is 5.97 Å². The Labute approximate surface area is 159 Å². The van der Waals surface area contributed by atoms with Gasteiger partial charge in [-0.2, -0.15) is 4.99 Å². The Hall–Kier alpha value is -3.01. The van der Waals surface area contributed by atoms with Crippen LogP contribution in [0.4, 0.5) is 17.6 Å². The number of fused-ring (bicyclic) bond motifs is 1. The smallest absolute Gasteiger partial charge is 0.326 e. The fourth-order valence-electron chi connectivity index (χ4n) is 2.71. The van der Waals surface area contributed by atoms with Crippen LogP contribution >= 0.6 is 11.3 Å². The van der Waals surface area contributed by atoms with Gasteiger partial charge in [-0.15, -0.1) is 0 Å². The number of hydrogen-bond acceptors (Lipinski definition) is 3. The van der Waals surface area contributed by atoms with Gasteiger partial charge in [-0.25, -0.2) is 22.4 Å². The number of halogens is 4. The number of carboxylic acids is 1. The van der Waals surface area contributed by atoms with Crippen molar-refractivity contribution in [1.29, 1.82) is 0 Å². The van der Waals surface area contributed by atoms with Gasteiger partial charge < -0.3 is 9.67 Å². The minimum absolute atomic E-state index is 0.0372. The number of benzene rings is 2. The maximum atomic E-state index is 13.7. The summed E-state index contributed by atoms with van der Waals surface area (Å²) in [6.07, 6.45) is 0.0656. The zero-order valence-electron chi connectivity index (χ0n) is 14.2. The monoisotopic (exact) mass is 412 g/mol. The lowest BCUT2D eigenvalue weighted by atomic mass is 10.2. The van der Waals surface area contributed by atoms with Gasteiger partial charge in [-0.1, -0.05) is 18.3 Å². The number of amides is 1. The third kappa shape index (κ3) is 3.68. The van der Waals surface area contributed by atoms with Crippen LogP contribution in [0.25, 0.3) is 10.2 Å². The van der Waals surface area contributed by atoms with E-state index in [9.17, 15) is 32.3 Å². The third-order valence-electron chi connectivity index (χ3n) is 3.96. The van der Waals surface area contributed by atoms with Gasteiger partial charge in [0, 0.05) is 17.7 Å². The molecule has 28 heavy (non-hydrogen) atoms. The standard InChI is InChI=1S/C18H12F4N2O3S/c1-2-13(17(26)27)24-14-6-11(21)12(22)7-15(14)28-18(24)23-16(25)8-3-9(19)5-10(20)4-8/h3-7,13H,2H2,1H3,(H,26,27)/b23-18-. The van der Waals surface area contributed by atoms with E-state index >= 15 is 0 Å². The number of aromatic nitrogens is 1. The summed E-state index contributed by atoms with van der Waals surface area (Å²) < 4.78 is 55.2. The second-order valence-electron chi connectivity index (χ2n) is 5.83. The zero-order chi connectivity index (χ0) is 20.6. The molecule has 1 atom stereocenters. The van der Waals surface area contributed by atoms with Gasteiger partial charge in [-0.3, -0.25) is 4.79 Å². The van der Waals surface area contributed by atoms with Crippen LogP contribution in [0.5, 0.6) is 0 Å². The number of rotatable bonds is 4. The summed E-state index contributed by atoms with van der Waals surface area (Å²) in [5, 5.41) is 9.47. The van der Waals surface area contributed by atoms with Crippen molar-refractivity contribution in [2.75, 3.05) is 0 Å². The van der Waals surface area contributed by atoms with E-state index in [2.05, 4.69) is 4.99 Å². The van der Waals surface area contributed by atoms with Gasteiger partial charge in [-0.05, 0) is 24.6 Å². The third-order valence-corrected chi connectivity index (χ3v) is 4.98. The topological polar surface area (TPSA) is 71.7 Å². The maximum absolute atomic E-state index is 13.7. The number of carbonyl (C=O) groups excluding carboxylic acids is 1. The van der Waals surface area contributed by atoms with E-state index in [-0.39, 0.29) is 27.0 Å². The van der Waals surface area contributed by atoms with Gasteiger partial charge in [0.15, 0.2) is 16.4 Å². The highest BCUT2D eigenvalue weighted by atomic mass is 32.1. The van der Waals surface area contributed by atoms with Gasteiger partial charge in [0.05, 0.1) is 10.2 Å². The number of thiazole rings is 1. The lowest BCUT2D eigenvalue weighted by Gasteiger charge is -2.13. The van der Waals surface area contributed by atoms with Gasteiger partial charge in [0.25, 0.3) is 5.91 Å². The molecular weight excluding hydrogens is 400 g/mol. The Morgan fingerprint density at radius 2 is 1.68 bits per heavy atom. The van der Waals surface area contributed by atoms with Crippen molar-refractivity contribution >= 4 is 33.4 Å². The first kappa shape index (κ1) is 19.7. The molecule has 1 N–H and O–H groups in total. The normalized spacial score (nSPS) is 13.1. The van der Waals surface area contributed by atoms with Crippen LogP contribution in [-0.2, 0) is 4.79 Å². The number of nitrogens with zero attached hydrogens (tertiary/aromatic N) is 2. The van der Waals surface area contributed by atoms with Crippen LogP contribution < -0.4 is 4.80 Å². The highest BCUT2D eigenvalue weighted by Crippen LogP contribution is 2.25. The summed E-state index contributed by atoms with van der Waals surface area (Å²) in [5.74, 6) is -6.59. The Bertz CT molecular complexity index is 1150. The predicted molar refractivity (Wildman–Crippen MR) is 92.9 cm³/mol. The average molecular weight is 412 g/mol. The lowest BCUT2D eigenvalue weighted by Crippen LogP contribution is -2.27. The van der Waals surface area contributed by atoms with E-state index in [1.807, 2.05) is 0 Å². The molecule has 1 amide bonds. The summed E-state index contributed by atoms with van der Waals surface area (Å²) in [6.45, 7) is 1.56. The Balaban J connectivity index is 2.28. The largest absolute Gasteiger partial charge is 0.480 e. The van der Waals surface area contributed by atoms with Crippen molar-refractivity contribution < 1.29 is 32.3 Å². The van der Waals surface area contributed by atoms with Gasteiger partial charge in [0.2, 0.25) is 0 Å². The summed E-state index contributed by atoms with van der Waals surface area (Å²) in [4.78, 5) is 27.6. The van der Waals surface area contributed by atoms with Crippen LogP contribution in [0, 0.1) is 23.3 Å². The molecule has 0 saturated heterocycles. The number of carboxylic acid groups (broad SMARTS) is 1. The molecule has 3 rings (SSSR count). The van der Waals surface area contributed by atoms with Gasteiger partial charge in [0.1, 0.15) is 17.7 Å². The number of hydrogen-bond donors (Lipinski definition) is 1. The predicted octanol–water partition coefficient (Wildman–Crippen LogP) is 4.04. The van der Waals surface area contributed by atoms with Crippen molar-refractivity contribution in [3.05, 3.63) is 64.0 Å². The SMILES string of the molecule is CCC(C(=O)O)n1/c(=N/C(=O)c2cc(F)cc(F)c2)sc2cc(F)c(F)cc21. The van der Waals surface area contributed by atoms with E-state index in [0.717, 1.165) is 40.2 Å². The average Bonchev–Trinajstić information content (AvgIpc) is 2.92. The molecule has 0 aliphatic rings. The molecule has 1 aromatic heterocycles. The van der Waals surface area contributed by atoms with E-state index < -0.39 is 41.2 Å². The quantitative estimate of drug-likeness (QED) is 0.658. The second kappa shape index (κ2) is 7.55. The van der Waals surface area contributed by atoms with Crippen LogP contribution in [-0.4, -0.2) is 21.6 Å². The molecule has 0 spiro atoms. The molecule has 0 radical (unpaired) electrons. The molecule has 0 fully saturated rings. The maximum Gasteiger partial charge on any atom is 0.326 e. The Morgan fingerprint density at radius 3 is 2.25 bits per heavy atom. The molecule has 0 aliphatic carbocycles. The first-order valence-corrected chi connectivity index (χ1v) is 8.81. The molecule has 0 bridgehead atoms. The highest BCUT2D eigenvalue weighted by molar-refractivity contribution is 7.16. The minimum Gasteiger partial charge on any atom is -0.480 e. The van der Waals surface area contributed by atoms with Crippen molar-refractivity contribution in [3.8, 4) is 0 Å². The Kier molecular flexibility index (Phi) is 5.32. The summed E-state index contributed by atoms with van der Waals surface area (Å²) in [6, 6.07) is 2.61. The molecule has 1 heterocycles. The molecule has 2 aromatic carbocycles. The molecule has 5 nitrogen and oxygen atoms in total. The molecule has 1 unspecified atom stereocenters. The molecule has 0 saturated carbocycles. The van der Waals surface area contributed by atoms with E-state index in [4.69, 9.17) is 0 Å². The van der Waals surface area contributed by atoms with Crippen LogP contribution in [0.3, 0.4) is 0 Å². The molecule has 146 valence electrons. The number of carbonyl (C=O) groups is 2. The molecular formula is C18H12F4N2O3S. The van der Waals surface area contributed by atoms with E-state index in [1.54, 1.807) is 6.92 Å². The highest BCUT2D eigenvalue weighted by Gasteiger charge is 2.23. The molecule has 0 aliphatic heterocycles. The molecule has 10 heteroatoms. The summed E-state index contributed by atoms with van der Waals surface area (Å²) in [5.41, 5.74) is -0.350. The lowest BCUT2D eigenvalue weighted by molar-refractivity contribution is -0.140. The van der Waals surface area contributed by atoms with Crippen molar-refractivity contribution in [1.82, 2.24) is 4.57 Å². The zero-order valence-corrected chi connectivity index (χ0v) is 15.1. The van der Waals surface area contributed by atoms with Crippen molar-refractivity contribution in [2.24, 2.45) is 4.99 Å². The van der Waals surface area contributed by atoms with Crippen molar-refractivity contribution in [2.45, 2.75) is 19.4 Å². The summed E-state index contributed by atoms with van der Waals surface area (Å²) in [7, 11) is 0. The minimum atomic E-state index is -1.27. The number of aliphatic carboxylic acids is 1. The summed E-state index contributed by atoms with van der Waals surface area (Å²) >= 11 is 0.757. The fourth-order valence-corrected chi connectivity index (χ4v) is 3.79. The fraction of sp³-hybridized carbons (Fsp3) is 0.167. The molecule has 3 aromatic rings. The second-order valence-corrected chi connectivity index (χ2v) is 6.84. The first-order valence-electron chi connectivity index (χ1n) is 7.99.